The lowest BCUT2D eigenvalue weighted by Crippen LogP contribution is -2.21. The summed E-state index contributed by atoms with van der Waals surface area (Å²) in [7, 11) is 0. The highest BCUT2D eigenvalue weighted by atomic mass is 32.2. The van der Waals surface area contributed by atoms with Crippen LogP contribution in [0.5, 0.6) is 0 Å². The molecule has 4 rings (SSSR count). The van der Waals surface area contributed by atoms with Crippen LogP contribution in [0.1, 0.15) is 41.8 Å². The Bertz CT molecular complexity index is 1370. The Kier molecular flexibility index (Phi) is 6.95. The summed E-state index contributed by atoms with van der Waals surface area (Å²) in [6, 6.07) is 14.6. The molecule has 0 fully saturated rings. The first-order chi connectivity index (χ1) is 15.9. The molecule has 0 bridgehead atoms. The van der Waals surface area contributed by atoms with Gasteiger partial charge in [-0.1, -0.05) is 56.3 Å². The molecule has 0 atom stereocenters. The fourth-order valence-electron chi connectivity index (χ4n) is 3.79. The van der Waals surface area contributed by atoms with E-state index in [9.17, 15) is 14.9 Å². The van der Waals surface area contributed by atoms with Gasteiger partial charge in [0, 0.05) is 22.8 Å². The maximum atomic E-state index is 13.7. The molecule has 2 aromatic carbocycles. The molecular formula is C25H25N3O3S2. The molecule has 2 aromatic heterocycles. The zero-order valence-electron chi connectivity index (χ0n) is 18.8. The standard InChI is InChI=1S/C25H25N3O3S2/c1-4-7-21-16(3)22-23(33-21)26-25(32-15-18-8-6-9-20(14-18)28(30)31)27(24(22)29)19-12-10-17(5-2)11-13-19/h6,8-14H,4-5,7,15H2,1-3H3. The van der Waals surface area contributed by atoms with Crippen LogP contribution < -0.4 is 5.56 Å². The first kappa shape index (κ1) is 23.2. The van der Waals surface area contributed by atoms with Gasteiger partial charge in [-0.25, -0.2) is 4.98 Å². The van der Waals surface area contributed by atoms with Crippen LogP contribution in [0.2, 0.25) is 0 Å². The van der Waals surface area contributed by atoms with E-state index in [1.807, 2.05) is 37.3 Å². The number of aryl methyl sites for hydroxylation is 3. The van der Waals surface area contributed by atoms with Crippen LogP contribution in [0.15, 0.2) is 58.5 Å². The van der Waals surface area contributed by atoms with E-state index >= 15 is 0 Å². The summed E-state index contributed by atoms with van der Waals surface area (Å²) < 4.78 is 1.68. The number of thiophene rings is 1. The molecule has 0 saturated carbocycles. The van der Waals surface area contributed by atoms with Crippen molar-refractivity contribution >= 4 is 39.0 Å². The summed E-state index contributed by atoms with van der Waals surface area (Å²) in [6.45, 7) is 6.23. The van der Waals surface area contributed by atoms with Crippen molar-refractivity contribution < 1.29 is 4.92 Å². The smallest absolute Gasteiger partial charge is 0.268 e. The van der Waals surface area contributed by atoms with Crippen molar-refractivity contribution in [2.24, 2.45) is 0 Å². The second-order valence-corrected chi connectivity index (χ2v) is 9.88. The molecule has 2 heterocycles. The minimum absolute atomic E-state index is 0.0575. The third-order valence-corrected chi connectivity index (χ3v) is 7.86. The third-order valence-electron chi connectivity index (χ3n) is 5.60. The highest BCUT2D eigenvalue weighted by Crippen LogP contribution is 2.32. The van der Waals surface area contributed by atoms with E-state index in [1.54, 1.807) is 28.0 Å². The first-order valence-corrected chi connectivity index (χ1v) is 12.7. The zero-order chi connectivity index (χ0) is 23.5. The van der Waals surface area contributed by atoms with E-state index in [0.717, 1.165) is 40.9 Å². The molecule has 6 nitrogen and oxygen atoms in total. The van der Waals surface area contributed by atoms with Gasteiger partial charge in [0.15, 0.2) is 5.16 Å². The lowest BCUT2D eigenvalue weighted by molar-refractivity contribution is -0.384. The number of aromatic nitrogens is 2. The number of fused-ring (bicyclic) bond motifs is 1. The van der Waals surface area contributed by atoms with Gasteiger partial charge < -0.3 is 0 Å². The molecule has 0 saturated heterocycles. The molecule has 33 heavy (non-hydrogen) atoms. The van der Waals surface area contributed by atoms with Crippen molar-refractivity contribution in [2.75, 3.05) is 0 Å². The molecule has 0 spiro atoms. The van der Waals surface area contributed by atoms with Crippen molar-refractivity contribution in [1.82, 2.24) is 9.55 Å². The molecular weight excluding hydrogens is 454 g/mol. The third kappa shape index (κ3) is 4.72. The topological polar surface area (TPSA) is 78.0 Å². The largest absolute Gasteiger partial charge is 0.269 e. The Morgan fingerprint density at radius 2 is 1.88 bits per heavy atom. The summed E-state index contributed by atoms with van der Waals surface area (Å²) >= 11 is 3.01. The highest BCUT2D eigenvalue weighted by Gasteiger charge is 2.19. The van der Waals surface area contributed by atoms with Crippen LogP contribution in [0, 0.1) is 17.0 Å². The molecule has 0 aliphatic heterocycles. The van der Waals surface area contributed by atoms with Gasteiger partial charge in [0.25, 0.3) is 11.2 Å². The van der Waals surface area contributed by atoms with Gasteiger partial charge in [-0.2, -0.15) is 0 Å². The maximum absolute atomic E-state index is 13.7. The summed E-state index contributed by atoms with van der Waals surface area (Å²) in [5.41, 5.74) is 3.79. The Morgan fingerprint density at radius 3 is 2.55 bits per heavy atom. The van der Waals surface area contributed by atoms with E-state index < -0.39 is 4.92 Å². The highest BCUT2D eigenvalue weighted by molar-refractivity contribution is 7.98. The fraction of sp³-hybridized carbons (Fsp3) is 0.280. The summed E-state index contributed by atoms with van der Waals surface area (Å²) in [4.78, 5) is 31.3. The Morgan fingerprint density at radius 1 is 1.12 bits per heavy atom. The number of nitro groups is 1. The lowest BCUT2D eigenvalue weighted by Gasteiger charge is -2.13. The van der Waals surface area contributed by atoms with Gasteiger partial charge in [-0.15, -0.1) is 11.3 Å². The van der Waals surface area contributed by atoms with Gasteiger partial charge in [-0.05, 0) is 48.6 Å². The van der Waals surface area contributed by atoms with Crippen molar-refractivity contribution in [2.45, 2.75) is 50.9 Å². The van der Waals surface area contributed by atoms with Gasteiger partial charge in [0.2, 0.25) is 0 Å². The summed E-state index contributed by atoms with van der Waals surface area (Å²) in [5.74, 6) is 0.471. The molecule has 0 radical (unpaired) electrons. The number of nitrogens with zero attached hydrogens (tertiary/aromatic N) is 3. The van der Waals surface area contributed by atoms with E-state index in [2.05, 4.69) is 13.8 Å². The fourth-order valence-corrected chi connectivity index (χ4v) is 6.06. The Hall–Kier alpha value is -2.97. The number of benzene rings is 2. The molecule has 0 N–H and O–H groups in total. The van der Waals surface area contributed by atoms with Gasteiger partial charge >= 0.3 is 0 Å². The normalized spacial score (nSPS) is 11.2. The van der Waals surface area contributed by atoms with Crippen molar-refractivity contribution in [3.63, 3.8) is 0 Å². The average Bonchev–Trinajstić information content (AvgIpc) is 3.13. The van der Waals surface area contributed by atoms with E-state index in [4.69, 9.17) is 4.98 Å². The number of nitro benzene ring substituents is 1. The Labute approximate surface area is 200 Å². The number of rotatable bonds is 8. The van der Waals surface area contributed by atoms with Crippen LogP contribution >= 0.6 is 23.1 Å². The minimum Gasteiger partial charge on any atom is -0.268 e. The maximum Gasteiger partial charge on any atom is 0.269 e. The van der Waals surface area contributed by atoms with Crippen LogP contribution in [-0.4, -0.2) is 14.5 Å². The number of thioether (sulfide) groups is 1. The van der Waals surface area contributed by atoms with E-state index in [-0.39, 0.29) is 11.2 Å². The molecule has 0 amide bonds. The molecule has 8 heteroatoms. The molecule has 0 aliphatic rings. The van der Waals surface area contributed by atoms with Crippen LogP contribution in [0.25, 0.3) is 15.9 Å². The second-order valence-electron chi connectivity index (χ2n) is 7.85. The zero-order valence-corrected chi connectivity index (χ0v) is 20.5. The van der Waals surface area contributed by atoms with Crippen LogP contribution in [0.3, 0.4) is 0 Å². The molecule has 4 aromatic rings. The van der Waals surface area contributed by atoms with E-state index in [1.165, 1.54) is 28.3 Å². The minimum atomic E-state index is -0.395. The van der Waals surface area contributed by atoms with E-state index in [0.29, 0.717) is 16.3 Å². The monoisotopic (exact) mass is 479 g/mol. The second kappa shape index (κ2) is 9.89. The number of hydrogen-bond donors (Lipinski definition) is 0. The van der Waals surface area contributed by atoms with Crippen LogP contribution in [-0.2, 0) is 18.6 Å². The molecule has 0 unspecified atom stereocenters. The van der Waals surface area contributed by atoms with Crippen molar-refractivity contribution in [1.29, 1.82) is 0 Å². The quantitative estimate of drug-likeness (QED) is 0.125. The predicted molar refractivity (Wildman–Crippen MR) is 136 cm³/mol. The summed E-state index contributed by atoms with van der Waals surface area (Å²) in [5, 5.41) is 12.4. The van der Waals surface area contributed by atoms with Gasteiger partial charge in [-0.3, -0.25) is 19.5 Å². The van der Waals surface area contributed by atoms with Crippen molar-refractivity contribution in [3.05, 3.63) is 90.6 Å². The Balaban J connectivity index is 1.83. The van der Waals surface area contributed by atoms with Crippen molar-refractivity contribution in [3.8, 4) is 5.69 Å². The molecule has 0 aliphatic carbocycles. The first-order valence-electron chi connectivity index (χ1n) is 10.9. The van der Waals surface area contributed by atoms with Crippen LogP contribution in [0.4, 0.5) is 5.69 Å². The SMILES string of the molecule is CCCc1sc2nc(SCc3cccc([N+](=O)[O-])c3)n(-c3ccc(CC)cc3)c(=O)c2c1C. The summed E-state index contributed by atoms with van der Waals surface area (Å²) in [6.07, 6.45) is 2.85. The lowest BCUT2D eigenvalue weighted by atomic mass is 10.1. The van der Waals surface area contributed by atoms with Gasteiger partial charge in [0.05, 0.1) is 16.0 Å². The number of non-ortho nitro benzene ring substituents is 1. The van der Waals surface area contributed by atoms with Gasteiger partial charge in [0.1, 0.15) is 4.83 Å². The molecule has 170 valence electrons. The average molecular weight is 480 g/mol. The number of hydrogen-bond acceptors (Lipinski definition) is 6. The predicted octanol–water partition coefficient (Wildman–Crippen LogP) is 6.47.